The summed E-state index contributed by atoms with van der Waals surface area (Å²) in [6, 6.07) is 4.09. The van der Waals surface area contributed by atoms with Gasteiger partial charge in [-0.2, -0.15) is 13.2 Å². The van der Waals surface area contributed by atoms with E-state index in [1.807, 2.05) is 9.80 Å². The smallest absolute Gasteiger partial charge is 0.355 e. The van der Waals surface area contributed by atoms with E-state index >= 15 is 0 Å². The van der Waals surface area contributed by atoms with Gasteiger partial charge in [-0.3, -0.25) is 4.79 Å². The van der Waals surface area contributed by atoms with Crippen LogP contribution in [0.5, 0.6) is 0 Å². The molecule has 4 heterocycles. The summed E-state index contributed by atoms with van der Waals surface area (Å²) in [6.45, 7) is 1.71. The van der Waals surface area contributed by atoms with E-state index in [1.165, 1.54) is 12.3 Å². The number of aromatic nitrogens is 2. The molecule has 0 radical (unpaired) electrons. The maximum atomic E-state index is 13.0. The van der Waals surface area contributed by atoms with Gasteiger partial charge >= 0.3 is 6.18 Å². The van der Waals surface area contributed by atoms with E-state index in [0.29, 0.717) is 51.1 Å². The fourth-order valence-corrected chi connectivity index (χ4v) is 5.40. The number of amides is 1. The first-order valence-corrected chi connectivity index (χ1v) is 13.1. The van der Waals surface area contributed by atoms with Gasteiger partial charge < -0.3 is 9.80 Å². The molecule has 2 aromatic heterocycles. The maximum Gasteiger partial charge on any atom is 0.417 e. The lowest BCUT2D eigenvalue weighted by molar-refractivity contribution is -0.137. The van der Waals surface area contributed by atoms with E-state index in [-0.39, 0.29) is 27.9 Å². The van der Waals surface area contributed by atoms with Gasteiger partial charge in [-0.25, -0.2) is 18.4 Å². The normalized spacial score (nSPS) is 20.3. The number of alkyl halides is 3. The van der Waals surface area contributed by atoms with E-state index in [0.717, 1.165) is 24.1 Å². The van der Waals surface area contributed by atoms with Crippen molar-refractivity contribution in [3.8, 4) is 0 Å². The minimum absolute atomic E-state index is 0.00465. The molecule has 12 heteroatoms. The number of carbonyl (C=O) groups excluding carboxylic acids is 1. The Morgan fingerprint density at radius 1 is 1.09 bits per heavy atom. The largest absolute Gasteiger partial charge is 0.417 e. The van der Waals surface area contributed by atoms with Gasteiger partial charge in [0.25, 0.3) is 0 Å². The number of nitrogens with zero attached hydrogens (tertiary/aromatic N) is 4. The summed E-state index contributed by atoms with van der Waals surface area (Å²) < 4.78 is 61.7. The van der Waals surface area contributed by atoms with E-state index in [9.17, 15) is 26.4 Å². The van der Waals surface area contributed by atoms with Gasteiger partial charge in [0.05, 0.1) is 10.6 Å². The van der Waals surface area contributed by atoms with Crippen LogP contribution in [0.4, 0.5) is 19.0 Å². The number of sulfone groups is 1. The van der Waals surface area contributed by atoms with Crippen LogP contribution in [0.15, 0.2) is 35.6 Å². The van der Waals surface area contributed by atoms with Crippen LogP contribution in [0.2, 0.25) is 5.02 Å². The van der Waals surface area contributed by atoms with E-state index in [4.69, 9.17) is 11.6 Å². The Hall–Kier alpha value is -2.40. The molecule has 2 saturated heterocycles. The molecule has 2 aliphatic rings. The Balaban J connectivity index is 1.34. The standard InChI is InChI=1S/C22H24ClF3N4O3S/c1-34(32,33)19-3-2-14(12-27-19)10-15-4-9-30(21(15)31)17-5-7-29(8-6-17)20-18(23)11-16(13-28-20)22(24,25)26/h2-3,11-13,15,17H,4-10H2,1H3/t15-/m1/s1. The minimum atomic E-state index is -4.50. The third-order valence-electron chi connectivity index (χ3n) is 6.36. The summed E-state index contributed by atoms with van der Waals surface area (Å²) in [5.74, 6) is 0.204. The zero-order valence-corrected chi connectivity index (χ0v) is 20.0. The number of halogens is 4. The first kappa shape index (κ1) is 24.7. The summed E-state index contributed by atoms with van der Waals surface area (Å²) in [5, 5.41) is -0.0360. The van der Waals surface area contributed by atoms with Crippen molar-refractivity contribution in [3.63, 3.8) is 0 Å². The van der Waals surface area contributed by atoms with Gasteiger partial charge in [-0.05, 0) is 43.4 Å². The number of likely N-dealkylation sites (tertiary alicyclic amines) is 1. The van der Waals surface area contributed by atoms with Crippen molar-refractivity contribution in [2.75, 3.05) is 30.8 Å². The van der Waals surface area contributed by atoms with Gasteiger partial charge in [-0.1, -0.05) is 17.7 Å². The lowest BCUT2D eigenvalue weighted by Gasteiger charge is -2.37. The van der Waals surface area contributed by atoms with Crippen molar-refractivity contribution in [1.29, 1.82) is 0 Å². The minimum Gasteiger partial charge on any atom is -0.355 e. The lowest BCUT2D eigenvalue weighted by atomic mass is 9.99. The molecule has 7 nitrogen and oxygen atoms in total. The van der Waals surface area contributed by atoms with Gasteiger partial charge in [0.15, 0.2) is 14.9 Å². The summed E-state index contributed by atoms with van der Waals surface area (Å²) in [7, 11) is -3.37. The molecule has 0 saturated carbocycles. The van der Waals surface area contributed by atoms with E-state index in [1.54, 1.807) is 6.07 Å². The van der Waals surface area contributed by atoms with Crippen LogP contribution in [0, 0.1) is 5.92 Å². The Kier molecular flexibility index (Phi) is 6.78. The highest BCUT2D eigenvalue weighted by atomic mass is 35.5. The highest BCUT2D eigenvalue weighted by molar-refractivity contribution is 7.90. The van der Waals surface area contributed by atoms with Crippen LogP contribution in [0.1, 0.15) is 30.4 Å². The summed E-state index contributed by atoms with van der Waals surface area (Å²) in [4.78, 5) is 24.7. The first-order chi connectivity index (χ1) is 15.9. The van der Waals surface area contributed by atoms with Gasteiger partial charge in [-0.15, -0.1) is 0 Å². The highest BCUT2D eigenvalue weighted by Crippen LogP contribution is 2.35. The second-order valence-electron chi connectivity index (χ2n) is 8.74. The van der Waals surface area contributed by atoms with Crippen molar-refractivity contribution < 1.29 is 26.4 Å². The molecule has 4 rings (SSSR count). The number of hydrogen-bond acceptors (Lipinski definition) is 6. The molecule has 1 atom stereocenters. The third-order valence-corrected chi connectivity index (χ3v) is 7.64. The zero-order valence-electron chi connectivity index (χ0n) is 18.4. The van der Waals surface area contributed by atoms with Gasteiger partial charge in [0, 0.05) is 50.2 Å². The van der Waals surface area contributed by atoms with Gasteiger partial charge in [0.2, 0.25) is 5.91 Å². The van der Waals surface area contributed by atoms with Gasteiger partial charge in [0.1, 0.15) is 5.82 Å². The first-order valence-electron chi connectivity index (χ1n) is 10.9. The molecular weight excluding hydrogens is 493 g/mol. The van der Waals surface area contributed by atoms with Crippen molar-refractivity contribution in [3.05, 3.63) is 46.7 Å². The molecule has 2 aliphatic heterocycles. The Labute approximate surface area is 200 Å². The molecule has 2 fully saturated rings. The van der Waals surface area contributed by atoms with Crippen molar-refractivity contribution in [2.45, 2.75) is 42.9 Å². The van der Waals surface area contributed by atoms with Crippen molar-refractivity contribution in [2.24, 2.45) is 5.92 Å². The summed E-state index contributed by atoms with van der Waals surface area (Å²) in [6.07, 6.45) is 1.44. The molecule has 0 N–H and O–H groups in total. The second-order valence-corrected chi connectivity index (χ2v) is 11.1. The number of anilines is 1. The van der Waals surface area contributed by atoms with Crippen LogP contribution in [0.25, 0.3) is 0 Å². The number of pyridine rings is 2. The monoisotopic (exact) mass is 516 g/mol. The molecule has 0 spiro atoms. The summed E-state index contributed by atoms with van der Waals surface area (Å²) in [5.41, 5.74) is -0.0727. The van der Waals surface area contributed by atoms with Crippen molar-refractivity contribution in [1.82, 2.24) is 14.9 Å². The highest BCUT2D eigenvalue weighted by Gasteiger charge is 2.38. The number of piperidine rings is 1. The summed E-state index contributed by atoms with van der Waals surface area (Å²) >= 11 is 6.08. The predicted molar refractivity (Wildman–Crippen MR) is 120 cm³/mol. The molecule has 0 bridgehead atoms. The van der Waals surface area contributed by atoms with E-state index < -0.39 is 21.6 Å². The lowest BCUT2D eigenvalue weighted by Crippen LogP contribution is -2.46. The molecule has 0 aromatic carbocycles. The predicted octanol–water partition coefficient (Wildman–Crippen LogP) is 3.61. The zero-order chi connectivity index (χ0) is 24.7. The molecule has 0 aliphatic carbocycles. The fourth-order valence-electron chi connectivity index (χ4n) is 4.56. The second kappa shape index (κ2) is 9.33. The van der Waals surface area contributed by atoms with Crippen LogP contribution < -0.4 is 4.90 Å². The van der Waals surface area contributed by atoms with Crippen LogP contribution in [-0.4, -0.2) is 61.1 Å². The average molecular weight is 517 g/mol. The van der Waals surface area contributed by atoms with E-state index in [2.05, 4.69) is 9.97 Å². The van der Waals surface area contributed by atoms with Crippen LogP contribution in [0.3, 0.4) is 0 Å². The molecular formula is C22H24ClF3N4O3S. The average Bonchev–Trinajstić information content (AvgIpc) is 3.13. The quantitative estimate of drug-likeness (QED) is 0.603. The molecule has 1 amide bonds. The topological polar surface area (TPSA) is 83.5 Å². The maximum absolute atomic E-state index is 13.0. The Morgan fingerprint density at radius 2 is 1.79 bits per heavy atom. The van der Waals surface area contributed by atoms with Crippen molar-refractivity contribution >= 4 is 33.2 Å². The SMILES string of the molecule is CS(=O)(=O)c1ccc(C[C@H]2CCN(C3CCN(c4ncc(C(F)(F)F)cc4Cl)CC3)C2=O)cn1. The number of carbonyl (C=O) groups is 1. The molecule has 34 heavy (non-hydrogen) atoms. The third kappa shape index (κ3) is 5.30. The van der Waals surface area contributed by atoms with Crippen LogP contribution in [-0.2, 0) is 27.2 Å². The molecule has 184 valence electrons. The number of hydrogen-bond donors (Lipinski definition) is 0. The van der Waals surface area contributed by atoms with Crippen LogP contribution >= 0.6 is 11.6 Å². The molecule has 2 aromatic rings. The Morgan fingerprint density at radius 3 is 2.35 bits per heavy atom. The molecule has 0 unspecified atom stereocenters. The Bertz CT molecular complexity index is 1170. The fraction of sp³-hybridized carbons (Fsp3) is 0.500. The number of rotatable bonds is 5.